The van der Waals surface area contributed by atoms with Gasteiger partial charge in [0.05, 0.1) is 6.10 Å². The van der Waals surface area contributed by atoms with Crippen molar-refractivity contribution in [2.45, 2.75) is 24.3 Å². The molecule has 2 N–H and O–H groups in total. The first-order chi connectivity index (χ1) is 3.68. The molecule has 0 bridgehead atoms. The van der Waals surface area contributed by atoms with E-state index in [4.69, 9.17) is 10.2 Å². The Labute approximate surface area is 57.7 Å². The van der Waals surface area contributed by atoms with Crippen LogP contribution in [0.5, 0.6) is 0 Å². The summed E-state index contributed by atoms with van der Waals surface area (Å²) in [5, 5.41) is 17.2. The van der Waals surface area contributed by atoms with E-state index < -0.39 is 6.10 Å². The van der Waals surface area contributed by atoms with Crippen LogP contribution in [-0.2, 0) is 0 Å². The lowest BCUT2D eigenvalue weighted by molar-refractivity contribution is 0.135. The zero-order chi connectivity index (χ0) is 6.57. The Balaban J connectivity index is 3.17. The van der Waals surface area contributed by atoms with Crippen LogP contribution in [0, 0.1) is 0 Å². The molecule has 0 aliphatic carbocycles. The quantitative estimate of drug-likeness (QED) is 0.626. The van der Waals surface area contributed by atoms with Crippen LogP contribution in [0.4, 0.5) is 0 Å². The lowest BCUT2D eigenvalue weighted by atomic mass is 10.2. The maximum atomic E-state index is 8.92. The molecule has 0 aliphatic rings. The van der Waals surface area contributed by atoms with E-state index in [1.165, 1.54) is 0 Å². The van der Waals surface area contributed by atoms with Crippen LogP contribution in [0.2, 0.25) is 0 Å². The SMILES string of the molecule is CC(Br)C(O)CCO. The Morgan fingerprint density at radius 3 is 2.25 bits per heavy atom. The van der Waals surface area contributed by atoms with Gasteiger partial charge in [-0.1, -0.05) is 22.9 Å². The van der Waals surface area contributed by atoms with Gasteiger partial charge >= 0.3 is 0 Å². The van der Waals surface area contributed by atoms with Crippen molar-refractivity contribution < 1.29 is 10.2 Å². The van der Waals surface area contributed by atoms with Crippen LogP contribution >= 0.6 is 15.9 Å². The van der Waals surface area contributed by atoms with Crippen LogP contribution in [0.15, 0.2) is 0 Å². The largest absolute Gasteiger partial charge is 0.396 e. The third-order valence-corrected chi connectivity index (χ3v) is 1.57. The van der Waals surface area contributed by atoms with Crippen molar-refractivity contribution in [3.63, 3.8) is 0 Å². The average Bonchev–Trinajstić information content (AvgIpc) is 1.67. The van der Waals surface area contributed by atoms with E-state index in [1.54, 1.807) is 0 Å². The van der Waals surface area contributed by atoms with Crippen LogP contribution in [0.3, 0.4) is 0 Å². The highest BCUT2D eigenvalue weighted by molar-refractivity contribution is 9.09. The molecule has 8 heavy (non-hydrogen) atoms. The second-order valence-electron chi connectivity index (χ2n) is 1.76. The first-order valence-corrected chi connectivity index (χ1v) is 3.53. The second kappa shape index (κ2) is 4.30. The Kier molecular flexibility index (Phi) is 4.51. The number of alkyl halides is 1. The molecule has 2 nitrogen and oxygen atoms in total. The summed E-state index contributed by atoms with van der Waals surface area (Å²) in [5.41, 5.74) is 0. The smallest absolute Gasteiger partial charge is 0.0684 e. The third-order valence-electron chi connectivity index (χ3n) is 0.955. The second-order valence-corrected chi connectivity index (χ2v) is 3.20. The van der Waals surface area contributed by atoms with Crippen molar-refractivity contribution in [2.75, 3.05) is 6.61 Å². The lowest BCUT2D eigenvalue weighted by Gasteiger charge is -2.09. The Hall–Kier alpha value is 0.400. The maximum Gasteiger partial charge on any atom is 0.0684 e. The fourth-order valence-corrected chi connectivity index (χ4v) is 0.626. The van der Waals surface area contributed by atoms with E-state index in [-0.39, 0.29) is 11.4 Å². The van der Waals surface area contributed by atoms with E-state index >= 15 is 0 Å². The molecule has 3 heteroatoms. The summed E-state index contributed by atoms with van der Waals surface area (Å²) in [6, 6.07) is 0. The van der Waals surface area contributed by atoms with Gasteiger partial charge in [-0.2, -0.15) is 0 Å². The molecule has 0 aliphatic heterocycles. The molecule has 0 rings (SSSR count). The van der Waals surface area contributed by atoms with Gasteiger partial charge in [-0.25, -0.2) is 0 Å². The minimum absolute atomic E-state index is 0.0527. The van der Waals surface area contributed by atoms with E-state index in [0.29, 0.717) is 6.42 Å². The molecule has 0 radical (unpaired) electrons. The molecular weight excluding hydrogens is 172 g/mol. The highest BCUT2D eigenvalue weighted by Crippen LogP contribution is 2.06. The van der Waals surface area contributed by atoms with Gasteiger partial charge < -0.3 is 10.2 Å². The topological polar surface area (TPSA) is 40.5 Å². The molecular formula is C5H11BrO2. The molecule has 0 aromatic heterocycles. The normalized spacial score (nSPS) is 18.0. The summed E-state index contributed by atoms with van der Waals surface area (Å²) >= 11 is 3.18. The van der Waals surface area contributed by atoms with Gasteiger partial charge in [0.25, 0.3) is 0 Å². The zero-order valence-electron chi connectivity index (χ0n) is 4.84. The van der Waals surface area contributed by atoms with Crippen molar-refractivity contribution in [1.82, 2.24) is 0 Å². The summed E-state index contributed by atoms with van der Waals surface area (Å²) in [6.07, 6.45) is 0.0341. The lowest BCUT2D eigenvalue weighted by Crippen LogP contribution is -2.18. The number of halogens is 1. The predicted molar refractivity (Wildman–Crippen MR) is 36.1 cm³/mol. The minimum Gasteiger partial charge on any atom is -0.396 e. The number of hydrogen-bond acceptors (Lipinski definition) is 2. The van der Waals surface area contributed by atoms with Crippen LogP contribution < -0.4 is 0 Å². The standard InChI is InChI=1S/C5H11BrO2/c1-4(6)5(8)2-3-7/h4-5,7-8H,2-3H2,1H3. The van der Waals surface area contributed by atoms with Crippen molar-refractivity contribution in [1.29, 1.82) is 0 Å². The first-order valence-electron chi connectivity index (χ1n) is 2.61. The highest BCUT2D eigenvalue weighted by atomic mass is 79.9. The number of rotatable bonds is 3. The van der Waals surface area contributed by atoms with Crippen molar-refractivity contribution in [3.8, 4) is 0 Å². The summed E-state index contributed by atoms with van der Waals surface area (Å²) < 4.78 is 0. The molecule has 50 valence electrons. The van der Waals surface area contributed by atoms with E-state index in [2.05, 4.69) is 15.9 Å². The Bertz CT molecular complexity index is 56.4. The Morgan fingerprint density at radius 2 is 2.12 bits per heavy atom. The third kappa shape index (κ3) is 3.41. The van der Waals surface area contributed by atoms with Crippen LogP contribution in [0.1, 0.15) is 13.3 Å². The molecule has 0 heterocycles. The van der Waals surface area contributed by atoms with Crippen LogP contribution in [-0.4, -0.2) is 27.8 Å². The van der Waals surface area contributed by atoms with E-state index in [0.717, 1.165) is 0 Å². The molecule has 0 amide bonds. The molecule has 0 aromatic carbocycles. The summed E-state index contributed by atoms with van der Waals surface area (Å²) in [6.45, 7) is 1.90. The number of hydrogen-bond donors (Lipinski definition) is 2. The van der Waals surface area contributed by atoms with Crippen molar-refractivity contribution >= 4 is 15.9 Å². The van der Waals surface area contributed by atoms with E-state index in [9.17, 15) is 0 Å². The van der Waals surface area contributed by atoms with Crippen molar-refractivity contribution in [3.05, 3.63) is 0 Å². The fourth-order valence-electron chi connectivity index (χ4n) is 0.362. The average molecular weight is 183 g/mol. The molecule has 2 unspecified atom stereocenters. The number of aliphatic hydroxyl groups is 2. The van der Waals surface area contributed by atoms with Gasteiger partial charge in [0.1, 0.15) is 0 Å². The molecule has 2 atom stereocenters. The Morgan fingerprint density at radius 1 is 1.62 bits per heavy atom. The monoisotopic (exact) mass is 182 g/mol. The van der Waals surface area contributed by atoms with Gasteiger partial charge in [-0.05, 0) is 6.42 Å². The zero-order valence-corrected chi connectivity index (χ0v) is 6.43. The number of aliphatic hydroxyl groups excluding tert-OH is 2. The molecule has 0 fully saturated rings. The highest BCUT2D eigenvalue weighted by Gasteiger charge is 2.07. The minimum atomic E-state index is -0.417. The van der Waals surface area contributed by atoms with Gasteiger partial charge in [-0.15, -0.1) is 0 Å². The summed E-state index contributed by atoms with van der Waals surface area (Å²) in [7, 11) is 0. The molecule has 0 spiro atoms. The first kappa shape index (κ1) is 8.40. The molecule has 0 saturated heterocycles. The molecule has 0 aromatic rings. The predicted octanol–water partition coefficient (Wildman–Crippen LogP) is 0.513. The van der Waals surface area contributed by atoms with Crippen LogP contribution in [0.25, 0.3) is 0 Å². The van der Waals surface area contributed by atoms with Crippen molar-refractivity contribution in [2.24, 2.45) is 0 Å². The van der Waals surface area contributed by atoms with Gasteiger partial charge in [0.15, 0.2) is 0 Å². The van der Waals surface area contributed by atoms with Gasteiger partial charge in [0.2, 0.25) is 0 Å². The molecule has 0 saturated carbocycles. The fraction of sp³-hybridized carbons (Fsp3) is 1.00. The maximum absolute atomic E-state index is 8.92. The van der Waals surface area contributed by atoms with Gasteiger partial charge in [0, 0.05) is 11.4 Å². The summed E-state index contributed by atoms with van der Waals surface area (Å²) in [5.74, 6) is 0. The van der Waals surface area contributed by atoms with E-state index in [1.807, 2.05) is 6.92 Å². The summed E-state index contributed by atoms with van der Waals surface area (Å²) in [4.78, 5) is 0.0784. The van der Waals surface area contributed by atoms with Gasteiger partial charge in [-0.3, -0.25) is 0 Å².